The van der Waals surface area contributed by atoms with Gasteiger partial charge in [0, 0.05) is 5.56 Å². The number of hydrogen-bond donors (Lipinski definition) is 2. The molecule has 0 aliphatic rings. The molecule has 0 saturated carbocycles. The number of hydrogen-bond acceptors (Lipinski definition) is 4. The van der Waals surface area contributed by atoms with E-state index in [1.54, 1.807) is 7.11 Å². The quantitative estimate of drug-likeness (QED) is 0.707. The van der Waals surface area contributed by atoms with Gasteiger partial charge in [0.2, 0.25) is 0 Å². The van der Waals surface area contributed by atoms with E-state index >= 15 is 0 Å². The van der Waals surface area contributed by atoms with Crippen LogP contribution in [0.4, 0.5) is 0 Å². The molecule has 4 nitrogen and oxygen atoms in total. The molecule has 0 spiro atoms. The average Bonchev–Trinajstić information content (AvgIpc) is 2.44. The first-order valence-corrected chi connectivity index (χ1v) is 6.48. The second kappa shape index (κ2) is 7.81. The molecule has 0 fully saturated rings. The standard InChI is InChI=1S/C15H23NO3/c1-4-6-11-8-12(13(16)10-17)9-14(18-3)15(11)19-7-5-2/h4,8-9,13,17H,1,5-7,10,16H2,2-3H3/t13-/m0/s1. The SMILES string of the molecule is C=CCc1cc([C@@H](N)CO)cc(OC)c1OCCC. The number of nitrogens with two attached hydrogens (primary N) is 1. The zero-order valence-corrected chi connectivity index (χ0v) is 11.7. The maximum atomic E-state index is 9.17. The third kappa shape index (κ3) is 3.98. The van der Waals surface area contributed by atoms with Crippen molar-refractivity contribution in [2.24, 2.45) is 5.73 Å². The van der Waals surface area contributed by atoms with Crippen molar-refractivity contribution in [3.8, 4) is 11.5 Å². The lowest BCUT2D eigenvalue weighted by Crippen LogP contribution is -2.15. The molecule has 0 aliphatic carbocycles. The van der Waals surface area contributed by atoms with Crippen molar-refractivity contribution in [2.75, 3.05) is 20.3 Å². The van der Waals surface area contributed by atoms with Crippen LogP contribution in [0.25, 0.3) is 0 Å². The van der Waals surface area contributed by atoms with E-state index in [0.717, 1.165) is 23.3 Å². The summed E-state index contributed by atoms with van der Waals surface area (Å²) in [4.78, 5) is 0. The van der Waals surface area contributed by atoms with Crippen LogP contribution in [0, 0.1) is 0 Å². The minimum absolute atomic E-state index is 0.105. The van der Waals surface area contributed by atoms with E-state index in [1.807, 2.05) is 18.2 Å². The first kappa shape index (κ1) is 15.5. The summed E-state index contributed by atoms with van der Waals surface area (Å²) in [5, 5.41) is 9.17. The van der Waals surface area contributed by atoms with Crippen LogP contribution in [0.5, 0.6) is 11.5 Å². The van der Waals surface area contributed by atoms with Crippen molar-refractivity contribution >= 4 is 0 Å². The van der Waals surface area contributed by atoms with Gasteiger partial charge < -0.3 is 20.3 Å². The summed E-state index contributed by atoms with van der Waals surface area (Å²) in [7, 11) is 1.60. The third-order valence-electron chi connectivity index (χ3n) is 2.81. The summed E-state index contributed by atoms with van der Waals surface area (Å²) in [5.41, 5.74) is 7.67. The van der Waals surface area contributed by atoms with Crippen LogP contribution in [-0.4, -0.2) is 25.4 Å². The Kier molecular flexibility index (Phi) is 6.39. The number of aliphatic hydroxyl groups is 1. The molecule has 1 atom stereocenters. The van der Waals surface area contributed by atoms with Gasteiger partial charge in [0.25, 0.3) is 0 Å². The van der Waals surface area contributed by atoms with Crippen LogP contribution in [0.3, 0.4) is 0 Å². The van der Waals surface area contributed by atoms with Gasteiger partial charge in [-0.3, -0.25) is 0 Å². The topological polar surface area (TPSA) is 64.7 Å². The number of aliphatic hydroxyl groups excluding tert-OH is 1. The number of methoxy groups -OCH3 is 1. The molecule has 0 unspecified atom stereocenters. The molecule has 0 bridgehead atoms. The summed E-state index contributed by atoms with van der Waals surface area (Å²) in [6.45, 7) is 6.33. The van der Waals surface area contributed by atoms with E-state index in [2.05, 4.69) is 13.5 Å². The van der Waals surface area contributed by atoms with Gasteiger partial charge in [-0.25, -0.2) is 0 Å². The Hall–Kier alpha value is -1.52. The summed E-state index contributed by atoms with van der Waals surface area (Å²) in [6.07, 6.45) is 3.40. The highest BCUT2D eigenvalue weighted by atomic mass is 16.5. The number of ether oxygens (including phenoxy) is 2. The summed E-state index contributed by atoms with van der Waals surface area (Å²) in [6, 6.07) is 3.34. The molecule has 0 amide bonds. The Labute approximate surface area is 114 Å². The van der Waals surface area contributed by atoms with Crippen LogP contribution in [0.15, 0.2) is 24.8 Å². The highest BCUT2D eigenvalue weighted by Gasteiger charge is 2.15. The number of allylic oxidation sites excluding steroid dienone is 1. The lowest BCUT2D eigenvalue weighted by molar-refractivity contribution is 0.266. The molecule has 4 heteroatoms. The summed E-state index contributed by atoms with van der Waals surface area (Å²) < 4.78 is 11.1. The van der Waals surface area contributed by atoms with Crippen molar-refractivity contribution in [3.05, 3.63) is 35.9 Å². The molecule has 0 heterocycles. The predicted molar refractivity (Wildman–Crippen MR) is 76.7 cm³/mol. The fourth-order valence-electron chi connectivity index (χ4n) is 1.83. The molecule has 1 aromatic rings. The first-order valence-electron chi connectivity index (χ1n) is 6.48. The van der Waals surface area contributed by atoms with Gasteiger partial charge in [0.15, 0.2) is 11.5 Å². The molecule has 0 radical (unpaired) electrons. The Bertz CT molecular complexity index is 418. The Morgan fingerprint density at radius 1 is 1.47 bits per heavy atom. The summed E-state index contributed by atoms with van der Waals surface area (Å²) in [5.74, 6) is 1.38. The van der Waals surface area contributed by atoms with Crippen LogP contribution < -0.4 is 15.2 Å². The fraction of sp³-hybridized carbons (Fsp3) is 0.467. The Morgan fingerprint density at radius 2 is 2.21 bits per heavy atom. The zero-order chi connectivity index (χ0) is 14.3. The van der Waals surface area contributed by atoms with Crippen LogP contribution >= 0.6 is 0 Å². The predicted octanol–water partition coefficient (Wildman–Crippen LogP) is 2.20. The van der Waals surface area contributed by atoms with E-state index in [4.69, 9.17) is 20.3 Å². The molecular weight excluding hydrogens is 242 g/mol. The molecule has 0 aromatic heterocycles. The zero-order valence-electron chi connectivity index (χ0n) is 11.7. The Morgan fingerprint density at radius 3 is 2.74 bits per heavy atom. The molecule has 3 N–H and O–H groups in total. The highest BCUT2D eigenvalue weighted by Crippen LogP contribution is 2.35. The molecule has 19 heavy (non-hydrogen) atoms. The minimum atomic E-state index is -0.419. The van der Waals surface area contributed by atoms with Gasteiger partial charge in [0.05, 0.1) is 26.4 Å². The van der Waals surface area contributed by atoms with Gasteiger partial charge >= 0.3 is 0 Å². The van der Waals surface area contributed by atoms with Gasteiger partial charge in [-0.15, -0.1) is 6.58 Å². The Balaban J connectivity index is 3.22. The largest absolute Gasteiger partial charge is 0.493 e. The maximum absolute atomic E-state index is 9.17. The van der Waals surface area contributed by atoms with Crippen molar-refractivity contribution in [1.82, 2.24) is 0 Å². The second-order valence-corrected chi connectivity index (χ2v) is 4.34. The fourth-order valence-corrected chi connectivity index (χ4v) is 1.83. The van der Waals surface area contributed by atoms with Crippen LogP contribution in [0.2, 0.25) is 0 Å². The van der Waals surface area contributed by atoms with Crippen molar-refractivity contribution in [3.63, 3.8) is 0 Å². The van der Waals surface area contributed by atoms with Crippen LogP contribution in [-0.2, 0) is 6.42 Å². The minimum Gasteiger partial charge on any atom is -0.493 e. The average molecular weight is 265 g/mol. The number of rotatable bonds is 8. The monoisotopic (exact) mass is 265 g/mol. The first-order chi connectivity index (χ1) is 9.17. The van der Waals surface area contributed by atoms with E-state index in [1.165, 1.54) is 0 Å². The maximum Gasteiger partial charge on any atom is 0.164 e. The normalized spacial score (nSPS) is 12.0. The van der Waals surface area contributed by atoms with E-state index in [0.29, 0.717) is 18.8 Å². The van der Waals surface area contributed by atoms with Crippen molar-refractivity contribution < 1.29 is 14.6 Å². The van der Waals surface area contributed by atoms with Gasteiger partial charge in [-0.2, -0.15) is 0 Å². The second-order valence-electron chi connectivity index (χ2n) is 4.34. The van der Waals surface area contributed by atoms with Crippen LogP contribution in [0.1, 0.15) is 30.5 Å². The van der Waals surface area contributed by atoms with Crippen molar-refractivity contribution in [1.29, 1.82) is 0 Å². The lowest BCUT2D eigenvalue weighted by atomic mass is 10.0. The molecular formula is C15H23NO3. The molecule has 0 aliphatic heterocycles. The van der Waals surface area contributed by atoms with Gasteiger partial charge in [0.1, 0.15) is 0 Å². The summed E-state index contributed by atoms with van der Waals surface area (Å²) >= 11 is 0. The molecule has 1 rings (SSSR count). The lowest BCUT2D eigenvalue weighted by Gasteiger charge is -2.18. The number of benzene rings is 1. The molecule has 106 valence electrons. The van der Waals surface area contributed by atoms with Crippen molar-refractivity contribution in [2.45, 2.75) is 25.8 Å². The van der Waals surface area contributed by atoms with E-state index in [9.17, 15) is 0 Å². The highest BCUT2D eigenvalue weighted by molar-refractivity contribution is 5.51. The molecule has 1 aromatic carbocycles. The third-order valence-corrected chi connectivity index (χ3v) is 2.81. The van der Waals surface area contributed by atoms with E-state index in [-0.39, 0.29) is 6.61 Å². The van der Waals surface area contributed by atoms with Gasteiger partial charge in [-0.05, 0) is 30.5 Å². The van der Waals surface area contributed by atoms with E-state index < -0.39 is 6.04 Å². The molecule has 0 saturated heterocycles. The van der Waals surface area contributed by atoms with Gasteiger partial charge in [-0.1, -0.05) is 13.0 Å². The smallest absolute Gasteiger partial charge is 0.164 e.